The predicted molar refractivity (Wildman–Crippen MR) is 121 cm³/mol. The molecule has 1 aromatic carbocycles. The molecule has 0 aromatic heterocycles. The molecule has 1 aromatic rings. The van der Waals surface area contributed by atoms with E-state index in [1.54, 1.807) is 24.3 Å². The second kappa shape index (κ2) is 9.92. The number of unbranched alkanes of at least 4 members (excludes halogenated alkanes) is 1. The van der Waals surface area contributed by atoms with Crippen molar-refractivity contribution in [1.29, 1.82) is 0 Å². The van der Waals surface area contributed by atoms with Crippen molar-refractivity contribution in [2.75, 3.05) is 26.3 Å². The van der Waals surface area contributed by atoms with Crippen molar-refractivity contribution in [1.82, 2.24) is 10.2 Å². The van der Waals surface area contributed by atoms with Crippen LogP contribution >= 0.6 is 0 Å². The summed E-state index contributed by atoms with van der Waals surface area (Å²) in [6.45, 7) is 9.62. The van der Waals surface area contributed by atoms with Crippen LogP contribution in [0.5, 0.6) is 5.75 Å². The number of rotatable bonds is 9. The number of ether oxygens (including phenoxy) is 2. The second-order valence-electron chi connectivity index (χ2n) is 10.3. The summed E-state index contributed by atoms with van der Waals surface area (Å²) >= 11 is 0. The molecule has 2 fully saturated rings. The van der Waals surface area contributed by atoms with Gasteiger partial charge in [0.25, 0.3) is 11.8 Å². The van der Waals surface area contributed by atoms with Crippen LogP contribution in [-0.2, 0) is 14.3 Å². The van der Waals surface area contributed by atoms with Gasteiger partial charge in [-0.3, -0.25) is 14.4 Å². The Morgan fingerprint density at radius 2 is 1.84 bits per heavy atom. The molecule has 2 aliphatic rings. The minimum atomic E-state index is -0.625. The first-order valence-corrected chi connectivity index (χ1v) is 11.6. The monoisotopic (exact) mass is 444 g/mol. The van der Waals surface area contributed by atoms with Crippen LogP contribution in [-0.4, -0.2) is 55.0 Å². The van der Waals surface area contributed by atoms with Gasteiger partial charge in [0.15, 0.2) is 6.61 Å². The van der Waals surface area contributed by atoms with Gasteiger partial charge in [0, 0.05) is 18.2 Å². The van der Waals surface area contributed by atoms with Crippen molar-refractivity contribution < 1.29 is 23.9 Å². The molecular formula is C25H36N2O5. The van der Waals surface area contributed by atoms with Crippen LogP contribution in [0.15, 0.2) is 24.3 Å². The number of amides is 2. The SMILES string of the molecule is CCCCOc1ccc(C(=O)NCC(=O)OCC(=O)N2C[C@@]3(C)C[C@H]2CC(C)(C)C3)cc1. The molecule has 0 unspecified atom stereocenters. The first-order valence-electron chi connectivity index (χ1n) is 11.6. The normalized spacial score (nSPS) is 23.5. The standard InChI is InChI=1S/C25H36N2O5/c1-5-6-11-31-20-9-7-18(8-10-20)23(30)26-14-22(29)32-15-21(28)27-17-25(4)13-19(27)12-24(2,3)16-25/h7-10,19H,5-6,11-17H2,1-4H3,(H,26,30)/t19-,25+/m1/s1. The Labute approximate surface area is 190 Å². The van der Waals surface area contributed by atoms with Gasteiger partial charge in [-0.15, -0.1) is 0 Å². The molecule has 1 aliphatic heterocycles. The third-order valence-corrected chi connectivity index (χ3v) is 6.37. The zero-order valence-corrected chi connectivity index (χ0v) is 19.7. The predicted octanol–water partition coefficient (Wildman–Crippen LogP) is 3.57. The van der Waals surface area contributed by atoms with Gasteiger partial charge in [0.2, 0.25) is 0 Å². The molecule has 2 bridgehead atoms. The highest BCUT2D eigenvalue weighted by Gasteiger charge is 2.50. The third kappa shape index (κ3) is 6.24. The average Bonchev–Trinajstić information content (AvgIpc) is 2.99. The number of fused-ring (bicyclic) bond motifs is 2. The molecule has 176 valence electrons. The lowest BCUT2D eigenvalue weighted by Gasteiger charge is -2.39. The van der Waals surface area contributed by atoms with Crippen molar-refractivity contribution >= 4 is 17.8 Å². The number of carbonyl (C=O) groups excluding carboxylic acids is 3. The van der Waals surface area contributed by atoms with E-state index in [1.165, 1.54) is 0 Å². The highest BCUT2D eigenvalue weighted by molar-refractivity contribution is 5.96. The molecule has 2 amide bonds. The van der Waals surface area contributed by atoms with Gasteiger partial charge in [0.1, 0.15) is 12.3 Å². The topological polar surface area (TPSA) is 84.9 Å². The molecule has 1 saturated heterocycles. The lowest BCUT2D eigenvalue weighted by molar-refractivity contribution is -0.151. The fourth-order valence-electron chi connectivity index (χ4n) is 5.32. The molecule has 2 atom stereocenters. The van der Waals surface area contributed by atoms with E-state index in [0.717, 1.165) is 32.1 Å². The number of hydrogen-bond donors (Lipinski definition) is 1. The summed E-state index contributed by atoms with van der Waals surface area (Å²) in [5.41, 5.74) is 0.779. The van der Waals surface area contributed by atoms with Crippen LogP contribution in [0.2, 0.25) is 0 Å². The molecule has 7 nitrogen and oxygen atoms in total. The zero-order valence-electron chi connectivity index (χ0n) is 19.7. The van der Waals surface area contributed by atoms with Crippen LogP contribution in [0.4, 0.5) is 0 Å². The summed E-state index contributed by atoms with van der Waals surface area (Å²) in [7, 11) is 0. The number of nitrogens with zero attached hydrogens (tertiary/aromatic N) is 1. The minimum Gasteiger partial charge on any atom is -0.494 e. The number of nitrogens with one attached hydrogen (secondary N) is 1. The average molecular weight is 445 g/mol. The summed E-state index contributed by atoms with van der Waals surface area (Å²) in [6, 6.07) is 6.98. The number of hydrogen-bond acceptors (Lipinski definition) is 5. The molecule has 32 heavy (non-hydrogen) atoms. The summed E-state index contributed by atoms with van der Waals surface area (Å²) in [6.07, 6.45) is 5.11. The Balaban J connectivity index is 1.40. The third-order valence-electron chi connectivity index (χ3n) is 6.37. The van der Waals surface area contributed by atoms with Crippen LogP contribution in [0.25, 0.3) is 0 Å². The number of esters is 1. The van der Waals surface area contributed by atoms with Crippen LogP contribution < -0.4 is 10.1 Å². The fraction of sp³-hybridized carbons (Fsp3) is 0.640. The molecule has 7 heteroatoms. The Kier molecular flexibility index (Phi) is 7.47. The van der Waals surface area contributed by atoms with Crippen molar-refractivity contribution in [2.24, 2.45) is 10.8 Å². The van der Waals surface area contributed by atoms with E-state index in [1.807, 2.05) is 4.90 Å². The molecule has 0 radical (unpaired) electrons. The van der Waals surface area contributed by atoms with Gasteiger partial charge in [-0.25, -0.2) is 0 Å². The van der Waals surface area contributed by atoms with E-state index < -0.39 is 5.97 Å². The van der Waals surface area contributed by atoms with Crippen molar-refractivity contribution in [3.05, 3.63) is 29.8 Å². The quantitative estimate of drug-likeness (QED) is 0.465. The molecular weight excluding hydrogens is 408 g/mol. The number of likely N-dealkylation sites (tertiary alicyclic amines) is 1. The molecule has 0 spiro atoms. The van der Waals surface area contributed by atoms with Crippen molar-refractivity contribution in [3.8, 4) is 5.75 Å². The van der Waals surface area contributed by atoms with E-state index in [0.29, 0.717) is 24.5 Å². The Hall–Kier alpha value is -2.57. The van der Waals surface area contributed by atoms with Gasteiger partial charge in [0.05, 0.1) is 6.61 Å². The largest absolute Gasteiger partial charge is 0.494 e. The highest BCUT2D eigenvalue weighted by atomic mass is 16.5. The Morgan fingerprint density at radius 3 is 2.53 bits per heavy atom. The molecule has 3 rings (SSSR count). The zero-order chi connectivity index (χ0) is 23.4. The van der Waals surface area contributed by atoms with E-state index in [9.17, 15) is 14.4 Å². The smallest absolute Gasteiger partial charge is 0.325 e. The Bertz CT molecular complexity index is 835. The number of carbonyl (C=O) groups is 3. The lowest BCUT2D eigenvalue weighted by Crippen LogP contribution is -2.40. The van der Waals surface area contributed by atoms with Gasteiger partial charge >= 0.3 is 5.97 Å². The number of benzene rings is 1. The van der Waals surface area contributed by atoms with E-state index in [2.05, 4.69) is 33.0 Å². The molecule has 1 N–H and O–H groups in total. The first-order chi connectivity index (χ1) is 15.1. The summed E-state index contributed by atoms with van der Waals surface area (Å²) < 4.78 is 10.7. The molecule has 1 heterocycles. The van der Waals surface area contributed by atoms with Gasteiger partial charge < -0.3 is 19.7 Å². The maximum Gasteiger partial charge on any atom is 0.325 e. The first kappa shape index (κ1) is 24.1. The van der Waals surface area contributed by atoms with E-state index in [-0.39, 0.29) is 41.8 Å². The lowest BCUT2D eigenvalue weighted by atomic mass is 9.65. The maximum atomic E-state index is 12.7. The van der Waals surface area contributed by atoms with E-state index in [4.69, 9.17) is 9.47 Å². The van der Waals surface area contributed by atoms with Gasteiger partial charge in [-0.05, 0) is 60.8 Å². The second-order valence-corrected chi connectivity index (χ2v) is 10.3. The summed E-state index contributed by atoms with van der Waals surface area (Å²) in [4.78, 5) is 38.9. The van der Waals surface area contributed by atoms with Crippen molar-refractivity contribution in [2.45, 2.75) is 65.8 Å². The van der Waals surface area contributed by atoms with Crippen molar-refractivity contribution in [3.63, 3.8) is 0 Å². The summed E-state index contributed by atoms with van der Waals surface area (Å²) in [5.74, 6) is -0.455. The fourth-order valence-corrected chi connectivity index (χ4v) is 5.32. The van der Waals surface area contributed by atoms with Gasteiger partial charge in [-0.1, -0.05) is 34.1 Å². The molecule has 1 aliphatic carbocycles. The highest BCUT2D eigenvalue weighted by Crippen LogP contribution is 2.52. The van der Waals surface area contributed by atoms with Crippen LogP contribution in [0, 0.1) is 10.8 Å². The molecule has 1 saturated carbocycles. The van der Waals surface area contributed by atoms with Crippen LogP contribution in [0.3, 0.4) is 0 Å². The van der Waals surface area contributed by atoms with E-state index >= 15 is 0 Å². The minimum absolute atomic E-state index is 0.136. The van der Waals surface area contributed by atoms with Gasteiger partial charge in [-0.2, -0.15) is 0 Å². The Morgan fingerprint density at radius 1 is 1.12 bits per heavy atom. The maximum absolute atomic E-state index is 12.7. The van der Waals surface area contributed by atoms with Crippen LogP contribution in [0.1, 0.15) is 70.2 Å². The summed E-state index contributed by atoms with van der Waals surface area (Å²) in [5, 5.41) is 2.54.